The van der Waals surface area contributed by atoms with Crippen LogP contribution in [0.4, 0.5) is 0 Å². The van der Waals surface area contributed by atoms with Gasteiger partial charge < -0.3 is 30.3 Å². The minimum absolute atomic E-state index is 0.0213. The second-order valence-electron chi connectivity index (χ2n) is 15.0. The topological polar surface area (TPSA) is 110 Å². The molecule has 5 N–H and O–H groups in total. The van der Waals surface area contributed by atoms with E-state index >= 15 is 0 Å². The summed E-state index contributed by atoms with van der Waals surface area (Å²) in [6, 6.07) is 0. The molecule has 4 aliphatic carbocycles. The van der Waals surface area contributed by atoms with Crippen molar-refractivity contribution < 1.29 is 30.3 Å². The molecule has 0 aromatic carbocycles. The smallest absolute Gasteiger partial charge is 0.0865 e. The zero-order valence-corrected chi connectivity index (χ0v) is 23.4. The molecule has 0 bridgehead atoms. The summed E-state index contributed by atoms with van der Waals surface area (Å²) in [5, 5.41) is 55.5. The van der Waals surface area contributed by atoms with Crippen LogP contribution in [0.1, 0.15) is 93.4 Å². The molecular formula is C30H50O6. The van der Waals surface area contributed by atoms with Crippen LogP contribution in [-0.4, -0.2) is 67.8 Å². The maximum atomic E-state index is 11.7. The van der Waals surface area contributed by atoms with E-state index in [1.54, 1.807) is 13.8 Å². The van der Waals surface area contributed by atoms with Crippen LogP contribution in [0.2, 0.25) is 0 Å². The van der Waals surface area contributed by atoms with E-state index in [1.165, 1.54) is 11.1 Å². The van der Waals surface area contributed by atoms with Crippen molar-refractivity contribution in [2.24, 2.45) is 39.9 Å². The lowest BCUT2D eigenvalue weighted by atomic mass is 9.43. The Hall–Kier alpha value is -0.500. The molecule has 0 unspecified atom stereocenters. The second kappa shape index (κ2) is 8.25. The Bertz CT molecular complexity index is 921. The maximum absolute atomic E-state index is 11.7. The number of ether oxygens (including phenoxy) is 1. The van der Waals surface area contributed by atoms with Gasteiger partial charge >= 0.3 is 0 Å². The normalized spacial score (nSPS) is 52.7. The van der Waals surface area contributed by atoms with Gasteiger partial charge in [0.05, 0.1) is 35.6 Å². The Morgan fingerprint density at radius 3 is 2.19 bits per heavy atom. The Balaban J connectivity index is 1.59. The van der Waals surface area contributed by atoms with Gasteiger partial charge in [0.2, 0.25) is 0 Å². The molecular weight excluding hydrogens is 456 g/mol. The Morgan fingerprint density at radius 2 is 1.61 bits per heavy atom. The highest BCUT2D eigenvalue weighted by molar-refractivity contribution is 5.37. The van der Waals surface area contributed by atoms with Gasteiger partial charge in [0.1, 0.15) is 0 Å². The highest BCUT2D eigenvalue weighted by Gasteiger charge is 2.71. The van der Waals surface area contributed by atoms with Gasteiger partial charge in [-0.1, -0.05) is 38.8 Å². The van der Waals surface area contributed by atoms with Crippen molar-refractivity contribution in [3.63, 3.8) is 0 Å². The van der Waals surface area contributed by atoms with Crippen molar-refractivity contribution in [2.45, 2.75) is 129 Å². The van der Waals surface area contributed by atoms with Crippen LogP contribution in [0, 0.1) is 39.9 Å². The summed E-state index contributed by atoms with van der Waals surface area (Å²) in [7, 11) is 0. The standard InChI is InChI=1S/C30H50O6/c1-26(2)21(34)9-8-17-23-16(15-31)13-29(6)25(30(7)11-10-22(36-30)27(3,4)35)20(33)14-28(29,5)18(23)12-19(32)24(17)26/h16,18-22,24-25,31-35H,8-15H2,1-7H3/t16-,18-,19+,20+,21+,22+,24+,25+,28+,29-,30-/m1/s1. The molecule has 0 aromatic rings. The van der Waals surface area contributed by atoms with Crippen LogP contribution in [0.5, 0.6) is 0 Å². The number of aliphatic hydroxyl groups is 5. The molecule has 0 amide bonds. The van der Waals surface area contributed by atoms with Crippen molar-refractivity contribution in [3.05, 3.63) is 11.1 Å². The average Bonchev–Trinajstić information content (AvgIpc) is 3.25. The molecule has 36 heavy (non-hydrogen) atoms. The second-order valence-corrected chi connectivity index (χ2v) is 15.0. The van der Waals surface area contributed by atoms with Gasteiger partial charge in [-0.15, -0.1) is 0 Å². The SMILES string of the molecule is CC(C)(O)[C@@H]1CC[C@](C)([C@H]2[C@@H](O)C[C@@]3(C)[C@@H]4C[C@H](O)[C@@H]5C(=C4[C@@H](CO)C[C@]23C)CC[C@H](O)C5(C)C)O1. The van der Waals surface area contributed by atoms with Crippen LogP contribution < -0.4 is 0 Å². The molecule has 1 heterocycles. The van der Waals surface area contributed by atoms with Crippen molar-refractivity contribution in [3.8, 4) is 0 Å². The summed E-state index contributed by atoms with van der Waals surface area (Å²) < 4.78 is 6.62. The van der Waals surface area contributed by atoms with E-state index in [9.17, 15) is 25.5 Å². The third-order valence-electron chi connectivity index (χ3n) is 12.2. The highest BCUT2D eigenvalue weighted by atomic mass is 16.5. The molecule has 5 rings (SSSR count). The quantitative estimate of drug-likeness (QED) is 0.374. The van der Waals surface area contributed by atoms with Gasteiger partial charge in [-0.3, -0.25) is 0 Å². The summed E-state index contributed by atoms with van der Waals surface area (Å²) in [5.41, 5.74) is 0.108. The van der Waals surface area contributed by atoms with E-state index in [-0.39, 0.29) is 47.2 Å². The van der Waals surface area contributed by atoms with E-state index < -0.39 is 34.9 Å². The molecule has 4 fully saturated rings. The summed E-state index contributed by atoms with van der Waals surface area (Å²) in [6.07, 6.45) is 3.20. The summed E-state index contributed by atoms with van der Waals surface area (Å²) in [5.74, 6) is -0.162. The molecule has 1 aliphatic heterocycles. The highest BCUT2D eigenvalue weighted by Crippen LogP contribution is 2.73. The fraction of sp³-hybridized carbons (Fsp3) is 0.933. The summed E-state index contributed by atoms with van der Waals surface area (Å²) in [6.45, 7) is 14.5. The first kappa shape index (κ1) is 27.1. The average molecular weight is 507 g/mol. The first-order valence-electron chi connectivity index (χ1n) is 14.3. The molecule has 3 saturated carbocycles. The van der Waals surface area contributed by atoms with Gasteiger partial charge in [-0.2, -0.15) is 0 Å². The van der Waals surface area contributed by atoms with Crippen LogP contribution in [0.25, 0.3) is 0 Å². The minimum Gasteiger partial charge on any atom is -0.396 e. The number of hydrogen-bond acceptors (Lipinski definition) is 6. The predicted molar refractivity (Wildman–Crippen MR) is 138 cm³/mol. The summed E-state index contributed by atoms with van der Waals surface area (Å²) >= 11 is 0. The minimum atomic E-state index is -0.940. The number of rotatable bonds is 3. The zero-order chi connectivity index (χ0) is 26.6. The molecule has 6 nitrogen and oxygen atoms in total. The fourth-order valence-corrected chi connectivity index (χ4v) is 10.3. The molecule has 206 valence electrons. The zero-order valence-electron chi connectivity index (χ0n) is 23.4. The predicted octanol–water partition coefficient (Wildman–Crippen LogP) is 3.58. The third kappa shape index (κ3) is 3.50. The fourth-order valence-electron chi connectivity index (χ4n) is 10.3. The monoisotopic (exact) mass is 506 g/mol. The van der Waals surface area contributed by atoms with Crippen molar-refractivity contribution >= 4 is 0 Å². The molecule has 0 spiro atoms. The Morgan fingerprint density at radius 1 is 0.944 bits per heavy atom. The van der Waals surface area contributed by atoms with Crippen LogP contribution in [0.15, 0.2) is 11.1 Å². The van der Waals surface area contributed by atoms with Gasteiger partial charge in [0.25, 0.3) is 0 Å². The van der Waals surface area contributed by atoms with Crippen LogP contribution >= 0.6 is 0 Å². The summed E-state index contributed by atoms with van der Waals surface area (Å²) in [4.78, 5) is 0. The Labute approximate surface area is 217 Å². The first-order chi connectivity index (χ1) is 16.5. The first-order valence-corrected chi connectivity index (χ1v) is 14.3. The van der Waals surface area contributed by atoms with E-state index in [0.29, 0.717) is 19.3 Å². The molecule has 0 aromatic heterocycles. The van der Waals surface area contributed by atoms with E-state index in [4.69, 9.17) is 4.74 Å². The molecule has 11 atom stereocenters. The van der Waals surface area contributed by atoms with Gasteiger partial charge in [0, 0.05) is 24.4 Å². The lowest BCUT2D eigenvalue weighted by molar-refractivity contribution is -0.180. The van der Waals surface area contributed by atoms with Crippen LogP contribution in [0.3, 0.4) is 0 Å². The van der Waals surface area contributed by atoms with E-state index in [2.05, 4.69) is 34.6 Å². The lowest BCUT2D eigenvalue weighted by Gasteiger charge is -2.62. The van der Waals surface area contributed by atoms with Crippen molar-refractivity contribution in [1.82, 2.24) is 0 Å². The lowest BCUT2D eigenvalue weighted by Crippen LogP contribution is -2.59. The Kier molecular flexibility index (Phi) is 6.21. The van der Waals surface area contributed by atoms with Gasteiger partial charge in [-0.25, -0.2) is 0 Å². The van der Waals surface area contributed by atoms with E-state index in [1.807, 2.05) is 0 Å². The largest absolute Gasteiger partial charge is 0.396 e. The molecule has 0 radical (unpaired) electrons. The van der Waals surface area contributed by atoms with Crippen molar-refractivity contribution in [2.75, 3.05) is 6.61 Å². The van der Waals surface area contributed by atoms with E-state index in [0.717, 1.165) is 25.7 Å². The number of aliphatic hydroxyl groups excluding tert-OH is 4. The molecule has 6 heteroatoms. The number of hydrogen-bond donors (Lipinski definition) is 5. The molecule has 5 aliphatic rings. The van der Waals surface area contributed by atoms with Crippen LogP contribution in [-0.2, 0) is 4.74 Å². The third-order valence-corrected chi connectivity index (χ3v) is 12.2. The maximum Gasteiger partial charge on any atom is 0.0865 e. The van der Waals surface area contributed by atoms with Gasteiger partial charge in [-0.05, 0) is 87.9 Å². The number of fused-ring (bicyclic) bond motifs is 4. The van der Waals surface area contributed by atoms with Gasteiger partial charge in [0.15, 0.2) is 0 Å². The molecule has 1 saturated heterocycles. The van der Waals surface area contributed by atoms with Crippen molar-refractivity contribution in [1.29, 1.82) is 0 Å².